The minimum atomic E-state index is -0.675. The lowest BCUT2D eigenvalue weighted by atomic mass is 10.0. The van der Waals surface area contributed by atoms with E-state index in [0.717, 1.165) is 16.7 Å². The molecule has 0 radical (unpaired) electrons. The van der Waals surface area contributed by atoms with Crippen LogP contribution in [0.25, 0.3) is 0 Å². The molecule has 0 saturated carbocycles. The number of nitrogens with zero attached hydrogens (tertiary/aromatic N) is 1. The molecule has 0 amide bonds. The Kier molecular flexibility index (Phi) is 3.22. The molecule has 16 heavy (non-hydrogen) atoms. The summed E-state index contributed by atoms with van der Waals surface area (Å²) in [5.74, 6) is 0. The van der Waals surface area contributed by atoms with Gasteiger partial charge in [-0.15, -0.1) is 0 Å². The fourth-order valence-corrected chi connectivity index (χ4v) is 1.80. The van der Waals surface area contributed by atoms with E-state index in [0.29, 0.717) is 5.02 Å². The van der Waals surface area contributed by atoms with Gasteiger partial charge in [-0.1, -0.05) is 29.8 Å². The van der Waals surface area contributed by atoms with Crippen molar-refractivity contribution in [3.05, 3.63) is 64.4 Å². The molecular formula is C13H12ClNO. The summed E-state index contributed by atoms with van der Waals surface area (Å²) in [6.07, 6.45) is 2.75. The third-order valence-corrected chi connectivity index (χ3v) is 2.61. The molecule has 2 rings (SSSR count). The van der Waals surface area contributed by atoms with Crippen LogP contribution in [-0.4, -0.2) is 10.1 Å². The molecule has 1 unspecified atom stereocenters. The van der Waals surface area contributed by atoms with Crippen molar-refractivity contribution in [2.75, 3.05) is 0 Å². The first-order chi connectivity index (χ1) is 7.66. The van der Waals surface area contributed by atoms with E-state index in [1.165, 1.54) is 0 Å². The third kappa shape index (κ3) is 2.40. The number of rotatable bonds is 2. The van der Waals surface area contributed by atoms with Crippen LogP contribution in [-0.2, 0) is 0 Å². The molecule has 0 bridgehead atoms. The van der Waals surface area contributed by atoms with Gasteiger partial charge >= 0.3 is 0 Å². The van der Waals surface area contributed by atoms with E-state index < -0.39 is 6.10 Å². The van der Waals surface area contributed by atoms with Crippen molar-refractivity contribution < 1.29 is 5.11 Å². The molecule has 0 aliphatic heterocycles. The number of pyridine rings is 1. The summed E-state index contributed by atoms with van der Waals surface area (Å²) in [6, 6.07) is 9.13. The Morgan fingerprint density at radius 1 is 1.19 bits per heavy atom. The Morgan fingerprint density at radius 2 is 2.00 bits per heavy atom. The third-order valence-electron chi connectivity index (χ3n) is 2.38. The number of halogens is 1. The second-order valence-corrected chi connectivity index (χ2v) is 4.19. The molecule has 0 aliphatic carbocycles. The number of aliphatic hydroxyl groups is 1. The number of aromatic nitrogens is 1. The molecule has 3 heteroatoms. The van der Waals surface area contributed by atoms with Crippen LogP contribution in [0.4, 0.5) is 0 Å². The Morgan fingerprint density at radius 3 is 2.69 bits per heavy atom. The minimum Gasteiger partial charge on any atom is -0.384 e. The lowest BCUT2D eigenvalue weighted by molar-refractivity contribution is 0.220. The maximum atomic E-state index is 10.1. The van der Waals surface area contributed by atoms with Crippen LogP contribution in [0.2, 0.25) is 5.02 Å². The van der Waals surface area contributed by atoms with Gasteiger partial charge in [-0.25, -0.2) is 0 Å². The maximum Gasteiger partial charge on any atom is 0.106 e. The van der Waals surface area contributed by atoms with Gasteiger partial charge in [-0.3, -0.25) is 4.98 Å². The Bertz CT molecular complexity index is 453. The van der Waals surface area contributed by atoms with Crippen LogP contribution in [0.15, 0.2) is 42.7 Å². The number of benzene rings is 1. The van der Waals surface area contributed by atoms with Crippen molar-refractivity contribution in [2.24, 2.45) is 0 Å². The standard InChI is InChI=1S/C13H12ClNO/c1-9-5-11(8-15-7-9)13(16)10-3-2-4-12(14)6-10/h2-8,13,16H,1H3. The summed E-state index contributed by atoms with van der Waals surface area (Å²) < 4.78 is 0. The summed E-state index contributed by atoms with van der Waals surface area (Å²) in [6.45, 7) is 1.95. The Labute approximate surface area is 99.5 Å². The normalized spacial score (nSPS) is 12.4. The highest BCUT2D eigenvalue weighted by atomic mass is 35.5. The molecule has 0 spiro atoms. The van der Waals surface area contributed by atoms with Gasteiger partial charge in [0.05, 0.1) is 0 Å². The van der Waals surface area contributed by atoms with Gasteiger partial charge in [-0.2, -0.15) is 0 Å². The molecular weight excluding hydrogens is 222 g/mol. The fraction of sp³-hybridized carbons (Fsp3) is 0.154. The summed E-state index contributed by atoms with van der Waals surface area (Å²) in [5.41, 5.74) is 2.58. The highest BCUT2D eigenvalue weighted by Gasteiger charge is 2.10. The predicted molar refractivity (Wildman–Crippen MR) is 64.5 cm³/mol. The minimum absolute atomic E-state index is 0.622. The smallest absolute Gasteiger partial charge is 0.106 e. The maximum absolute atomic E-state index is 10.1. The first kappa shape index (κ1) is 11.1. The molecule has 1 atom stereocenters. The highest BCUT2D eigenvalue weighted by molar-refractivity contribution is 6.30. The zero-order valence-corrected chi connectivity index (χ0v) is 9.65. The van der Waals surface area contributed by atoms with Gasteiger partial charge in [0.25, 0.3) is 0 Å². The summed E-state index contributed by atoms with van der Waals surface area (Å²) in [7, 11) is 0. The van der Waals surface area contributed by atoms with Gasteiger partial charge in [0.2, 0.25) is 0 Å². The number of hydrogen-bond acceptors (Lipinski definition) is 2. The topological polar surface area (TPSA) is 33.1 Å². The average molecular weight is 234 g/mol. The first-order valence-corrected chi connectivity index (χ1v) is 5.39. The molecule has 82 valence electrons. The molecule has 1 aromatic heterocycles. The van der Waals surface area contributed by atoms with Crippen LogP contribution in [0.1, 0.15) is 22.8 Å². The van der Waals surface area contributed by atoms with Crippen LogP contribution < -0.4 is 0 Å². The van der Waals surface area contributed by atoms with Crippen LogP contribution in [0.3, 0.4) is 0 Å². The number of aliphatic hydroxyl groups excluding tert-OH is 1. The van der Waals surface area contributed by atoms with Crippen LogP contribution in [0.5, 0.6) is 0 Å². The van der Waals surface area contributed by atoms with Gasteiger partial charge in [0.15, 0.2) is 0 Å². The second-order valence-electron chi connectivity index (χ2n) is 3.75. The van der Waals surface area contributed by atoms with Crippen molar-refractivity contribution in [2.45, 2.75) is 13.0 Å². The molecule has 1 N–H and O–H groups in total. The second kappa shape index (κ2) is 4.64. The first-order valence-electron chi connectivity index (χ1n) is 5.02. The molecule has 1 heterocycles. The summed E-state index contributed by atoms with van der Waals surface area (Å²) in [4.78, 5) is 4.06. The lowest BCUT2D eigenvalue weighted by Crippen LogP contribution is -2.00. The van der Waals surface area contributed by atoms with E-state index in [1.54, 1.807) is 24.5 Å². The van der Waals surface area contributed by atoms with E-state index in [4.69, 9.17) is 11.6 Å². The Hall–Kier alpha value is -1.38. The SMILES string of the molecule is Cc1cncc(C(O)c2cccc(Cl)c2)c1. The number of aryl methyl sites for hydroxylation is 1. The Balaban J connectivity index is 2.35. The van der Waals surface area contributed by atoms with Crippen LogP contribution in [0, 0.1) is 6.92 Å². The predicted octanol–water partition coefficient (Wildman–Crippen LogP) is 3.13. The van der Waals surface area contributed by atoms with Crippen molar-refractivity contribution in [1.29, 1.82) is 0 Å². The van der Waals surface area contributed by atoms with E-state index in [1.807, 2.05) is 25.1 Å². The van der Waals surface area contributed by atoms with Gasteiger partial charge in [-0.05, 0) is 30.2 Å². The summed E-state index contributed by atoms with van der Waals surface area (Å²) in [5, 5.41) is 10.8. The van der Waals surface area contributed by atoms with E-state index >= 15 is 0 Å². The lowest BCUT2D eigenvalue weighted by Gasteiger charge is -2.11. The van der Waals surface area contributed by atoms with E-state index in [-0.39, 0.29) is 0 Å². The average Bonchev–Trinajstić information content (AvgIpc) is 2.28. The molecule has 1 aromatic carbocycles. The summed E-state index contributed by atoms with van der Waals surface area (Å²) >= 11 is 5.88. The quantitative estimate of drug-likeness (QED) is 0.865. The number of hydrogen-bond donors (Lipinski definition) is 1. The molecule has 0 aliphatic rings. The van der Waals surface area contributed by atoms with E-state index in [9.17, 15) is 5.11 Å². The zero-order valence-electron chi connectivity index (χ0n) is 8.89. The molecule has 2 nitrogen and oxygen atoms in total. The molecule has 0 saturated heterocycles. The zero-order chi connectivity index (χ0) is 11.5. The van der Waals surface area contributed by atoms with Crippen molar-refractivity contribution >= 4 is 11.6 Å². The highest BCUT2D eigenvalue weighted by Crippen LogP contribution is 2.23. The van der Waals surface area contributed by atoms with Gasteiger partial charge in [0, 0.05) is 23.0 Å². The van der Waals surface area contributed by atoms with Crippen LogP contribution >= 0.6 is 11.6 Å². The monoisotopic (exact) mass is 233 g/mol. The van der Waals surface area contributed by atoms with E-state index in [2.05, 4.69) is 4.98 Å². The van der Waals surface area contributed by atoms with Crippen molar-refractivity contribution in [3.8, 4) is 0 Å². The van der Waals surface area contributed by atoms with Gasteiger partial charge < -0.3 is 5.11 Å². The van der Waals surface area contributed by atoms with Crippen molar-refractivity contribution in [1.82, 2.24) is 4.98 Å². The van der Waals surface area contributed by atoms with Crippen molar-refractivity contribution in [3.63, 3.8) is 0 Å². The van der Waals surface area contributed by atoms with Gasteiger partial charge in [0.1, 0.15) is 6.10 Å². The molecule has 0 fully saturated rings. The molecule has 2 aromatic rings. The largest absolute Gasteiger partial charge is 0.384 e. The fourth-order valence-electron chi connectivity index (χ4n) is 1.60.